The van der Waals surface area contributed by atoms with Crippen LogP contribution in [-0.2, 0) is 11.8 Å². The quantitative estimate of drug-likeness (QED) is 0.587. The van der Waals surface area contributed by atoms with Gasteiger partial charge in [-0.2, -0.15) is 0 Å². The third-order valence-electron chi connectivity index (χ3n) is 8.40. The first-order valence-electron chi connectivity index (χ1n) is 9.62. The van der Waals surface area contributed by atoms with Crippen LogP contribution in [-0.4, -0.2) is 5.11 Å². The topological polar surface area (TPSA) is 20.2 Å². The number of aryl methyl sites for hydroxylation is 1. The maximum atomic E-state index is 10.7. The molecule has 0 heterocycles. The molecule has 0 amide bonds. The van der Waals surface area contributed by atoms with E-state index in [1.165, 1.54) is 41.5 Å². The third kappa shape index (κ3) is 1.82. The van der Waals surface area contributed by atoms with E-state index < -0.39 is 0 Å². The third-order valence-corrected chi connectivity index (χ3v) is 8.40. The predicted molar refractivity (Wildman–Crippen MR) is 100 cm³/mol. The van der Waals surface area contributed by atoms with E-state index in [0.717, 1.165) is 12.8 Å². The smallest absolute Gasteiger partial charge is 0.119 e. The Kier molecular flexibility index (Phi) is 3.17. The van der Waals surface area contributed by atoms with E-state index in [2.05, 4.69) is 47.3 Å². The van der Waals surface area contributed by atoms with Crippen LogP contribution in [0.4, 0.5) is 0 Å². The van der Waals surface area contributed by atoms with Crippen molar-refractivity contribution in [1.82, 2.24) is 0 Å². The Labute approximate surface area is 147 Å². The molecule has 3 aliphatic carbocycles. The van der Waals surface area contributed by atoms with Gasteiger partial charge in [-0.1, -0.05) is 45.9 Å². The summed E-state index contributed by atoms with van der Waals surface area (Å²) in [4.78, 5) is 0. The summed E-state index contributed by atoms with van der Waals surface area (Å²) in [5.74, 6) is 1.89. The largest absolute Gasteiger partial charge is 0.508 e. The average molecular weight is 325 g/mol. The number of rotatable bonds is 0. The summed E-state index contributed by atoms with van der Waals surface area (Å²) in [7, 11) is 0. The molecule has 3 aliphatic rings. The molecule has 0 saturated heterocycles. The first kappa shape index (κ1) is 16.2. The molecule has 1 heteroatoms. The molecule has 1 N–H and O–H groups in total. The monoisotopic (exact) mass is 324 g/mol. The van der Waals surface area contributed by atoms with Gasteiger partial charge in [-0.3, -0.25) is 0 Å². The van der Waals surface area contributed by atoms with Crippen molar-refractivity contribution in [2.24, 2.45) is 22.7 Å². The summed E-state index contributed by atoms with van der Waals surface area (Å²) in [6.07, 6.45) is 6.00. The van der Waals surface area contributed by atoms with Gasteiger partial charge >= 0.3 is 0 Å². The molecule has 0 aliphatic heterocycles. The van der Waals surface area contributed by atoms with E-state index >= 15 is 0 Å². The number of hydrogen-bond acceptors (Lipinski definition) is 1. The number of phenolic OH excluding ortho intramolecular Hbond substituents is 1. The van der Waals surface area contributed by atoms with Gasteiger partial charge in [0.15, 0.2) is 0 Å². The van der Waals surface area contributed by atoms with Gasteiger partial charge in [0.25, 0.3) is 0 Å². The van der Waals surface area contributed by atoms with Crippen molar-refractivity contribution < 1.29 is 5.11 Å². The SMILES string of the molecule is C=C1CCC2(C)C(CCC3(C)c4c(O)cc(C)cc4CC32)C1(C)C. The molecule has 0 aromatic heterocycles. The van der Waals surface area contributed by atoms with Gasteiger partial charge < -0.3 is 5.11 Å². The molecule has 4 rings (SSSR count). The number of aromatic hydroxyl groups is 1. The normalized spacial score (nSPS) is 40.0. The lowest BCUT2D eigenvalue weighted by molar-refractivity contribution is -0.0759. The second-order valence-electron chi connectivity index (χ2n) is 9.91. The molecule has 1 aromatic rings. The van der Waals surface area contributed by atoms with Crippen LogP contribution < -0.4 is 0 Å². The molecule has 2 saturated carbocycles. The van der Waals surface area contributed by atoms with E-state index in [4.69, 9.17) is 0 Å². The van der Waals surface area contributed by atoms with E-state index in [0.29, 0.717) is 23.0 Å². The highest BCUT2D eigenvalue weighted by Crippen LogP contribution is 2.69. The van der Waals surface area contributed by atoms with Crippen LogP contribution in [0.1, 0.15) is 70.1 Å². The highest BCUT2D eigenvalue weighted by Gasteiger charge is 2.62. The fourth-order valence-corrected chi connectivity index (χ4v) is 7.08. The summed E-state index contributed by atoms with van der Waals surface area (Å²) >= 11 is 0. The molecule has 2 fully saturated rings. The summed E-state index contributed by atoms with van der Waals surface area (Å²) in [6, 6.07) is 4.29. The average Bonchev–Trinajstić information content (AvgIpc) is 2.77. The Morgan fingerprint density at radius 1 is 1.08 bits per heavy atom. The van der Waals surface area contributed by atoms with E-state index in [1.807, 2.05) is 6.07 Å². The van der Waals surface area contributed by atoms with Crippen LogP contribution in [0.2, 0.25) is 0 Å². The molecule has 0 bridgehead atoms. The van der Waals surface area contributed by atoms with Gasteiger partial charge in [-0.15, -0.1) is 0 Å². The molecule has 4 atom stereocenters. The lowest BCUT2D eigenvalue weighted by Gasteiger charge is -2.61. The van der Waals surface area contributed by atoms with Crippen molar-refractivity contribution in [2.45, 2.75) is 72.1 Å². The minimum Gasteiger partial charge on any atom is -0.508 e. The van der Waals surface area contributed by atoms with Crippen LogP contribution in [0.5, 0.6) is 5.75 Å². The number of allylic oxidation sites excluding steroid dienone is 1. The summed E-state index contributed by atoms with van der Waals surface area (Å²) < 4.78 is 0. The van der Waals surface area contributed by atoms with Crippen LogP contribution in [0.3, 0.4) is 0 Å². The highest BCUT2D eigenvalue weighted by atomic mass is 16.3. The zero-order valence-electron chi connectivity index (χ0n) is 16.0. The highest BCUT2D eigenvalue weighted by molar-refractivity contribution is 5.52. The molecule has 0 spiro atoms. The second-order valence-corrected chi connectivity index (χ2v) is 9.91. The van der Waals surface area contributed by atoms with Gasteiger partial charge in [0.1, 0.15) is 5.75 Å². The zero-order valence-corrected chi connectivity index (χ0v) is 16.0. The van der Waals surface area contributed by atoms with Gasteiger partial charge in [-0.05, 0) is 78.9 Å². The Hall–Kier alpha value is -1.24. The Morgan fingerprint density at radius 2 is 1.79 bits per heavy atom. The summed E-state index contributed by atoms with van der Waals surface area (Å²) in [5, 5.41) is 10.7. The van der Waals surface area contributed by atoms with Gasteiger partial charge in [0.05, 0.1) is 0 Å². The van der Waals surface area contributed by atoms with Gasteiger partial charge in [0.2, 0.25) is 0 Å². The number of hydrogen-bond donors (Lipinski definition) is 1. The van der Waals surface area contributed by atoms with Crippen molar-refractivity contribution in [2.75, 3.05) is 0 Å². The Bertz CT molecular complexity index is 728. The van der Waals surface area contributed by atoms with Gasteiger partial charge in [-0.25, -0.2) is 0 Å². The maximum absolute atomic E-state index is 10.7. The maximum Gasteiger partial charge on any atom is 0.119 e. The van der Waals surface area contributed by atoms with Crippen LogP contribution in [0, 0.1) is 29.6 Å². The number of phenols is 1. The zero-order chi connectivity index (χ0) is 17.5. The predicted octanol–water partition coefficient (Wildman–Crippen LogP) is 5.92. The molecule has 24 heavy (non-hydrogen) atoms. The first-order valence-corrected chi connectivity index (χ1v) is 9.62. The Balaban J connectivity index is 1.84. The van der Waals surface area contributed by atoms with Crippen molar-refractivity contribution >= 4 is 0 Å². The first-order chi connectivity index (χ1) is 11.1. The van der Waals surface area contributed by atoms with Crippen molar-refractivity contribution in [3.05, 3.63) is 41.0 Å². The molecule has 0 radical (unpaired) electrons. The van der Waals surface area contributed by atoms with E-state index in [-0.39, 0.29) is 10.8 Å². The lowest BCUT2D eigenvalue weighted by atomic mass is 9.43. The van der Waals surface area contributed by atoms with Crippen molar-refractivity contribution in [3.63, 3.8) is 0 Å². The number of benzene rings is 1. The van der Waals surface area contributed by atoms with E-state index in [1.54, 1.807) is 0 Å². The van der Waals surface area contributed by atoms with Crippen molar-refractivity contribution in [1.29, 1.82) is 0 Å². The minimum absolute atomic E-state index is 0.132. The lowest BCUT2D eigenvalue weighted by Crippen LogP contribution is -2.55. The standard InChI is InChI=1S/C23H32O/c1-14-11-16-13-19-22(5)9-7-15(2)21(3,4)18(22)8-10-23(19,6)20(16)17(24)12-14/h11-12,18-19,24H,2,7-10,13H2,1,3-6H3. The van der Waals surface area contributed by atoms with E-state index in [9.17, 15) is 5.11 Å². The summed E-state index contributed by atoms with van der Waals surface area (Å²) in [5.41, 5.74) is 6.02. The molecular weight excluding hydrogens is 292 g/mol. The molecule has 1 aromatic carbocycles. The molecule has 4 unspecified atom stereocenters. The minimum atomic E-state index is 0.132. The van der Waals surface area contributed by atoms with Crippen LogP contribution >= 0.6 is 0 Å². The number of fused-ring (bicyclic) bond motifs is 5. The Morgan fingerprint density at radius 3 is 2.50 bits per heavy atom. The molecular formula is C23H32O. The van der Waals surface area contributed by atoms with Crippen LogP contribution in [0.15, 0.2) is 24.3 Å². The van der Waals surface area contributed by atoms with Crippen molar-refractivity contribution in [3.8, 4) is 5.75 Å². The molecule has 1 nitrogen and oxygen atoms in total. The fourth-order valence-electron chi connectivity index (χ4n) is 7.08. The second kappa shape index (κ2) is 4.68. The molecule has 130 valence electrons. The van der Waals surface area contributed by atoms with Crippen LogP contribution in [0.25, 0.3) is 0 Å². The summed E-state index contributed by atoms with van der Waals surface area (Å²) in [6.45, 7) is 16.3. The fraction of sp³-hybridized carbons (Fsp3) is 0.652. The van der Waals surface area contributed by atoms with Gasteiger partial charge in [0, 0.05) is 11.0 Å².